The number of carbonyl (C=O) groups is 1. The Hall–Kier alpha value is -4.60. The molecule has 0 atom stereocenters. The van der Waals surface area contributed by atoms with Gasteiger partial charge in [-0.3, -0.25) is 9.79 Å². The van der Waals surface area contributed by atoms with Crippen molar-refractivity contribution in [1.29, 1.82) is 0 Å². The number of nitrogens with one attached hydrogen (secondary N) is 1. The minimum absolute atomic E-state index is 0.204. The van der Waals surface area contributed by atoms with Crippen molar-refractivity contribution in [2.75, 3.05) is 51.3 Å². The SMILES string of the molecule is CN1CCN(c2ccc(C(=O)NC3=NCc4cc(-c5ccc(O)c(F)c5)c(Cc5cccc(F)c5)cc43)c(CC3CCOCC3)c2)CC1. The Kier molecular flexibility index (Phi) is 9.23. The van der Waals surface area contributed by atoms with Gasteiger partial charge < -0.3 is 25.0 Å². The van der Waals surface area contributed by atoms with E-state index < -0.39 is 11.6 Å². The molecular formula is C39H40F2N4O3. The number of amidine groups is 1. The fraction of sp³-hybridized carbons (Fsp3) is 0.333. The van der Waals surface area contributed by atoms with Gasteiger partial charge in [0.15, 0.2) is 11.6 Å². The molecule has 248 valence electrons. The fourth-order valence-corrected chi connectivity index (χ4v) is 7.02. The van der Waals surface area contributed by atoms with Crippen molar-refractivity contribution in [3.63, 3.8) is 0 Å². The van der Waals surface area contributed by atoms with E-state index in [0.717, 1.165) is 97.7 Å². The highest BCUT2D eigenvalue weighted by Crippen LogP contribution is 2.34. The summed E-state index contributed by atoms with van der Waals surface area (Å²) in [7, 11) is 2.14. The lowest BCUT2D eigenvalue weighted by molar-refractivity contribution is 0.0664. The number of phenols is 1. The number of amides is 1. The van der Waals surface area contributed by atoms with Gasteiger partial charge in [-0.15, -0.1) is 0 Å². The molecule has 4 aromatic rings. The zero-order valence-corrected chi connectivity index (χ0v) is 27.1. The van der Waals surface area contributed by atoms with Gasteiger partial charge in [0.1, 0.15) is 11.7 Å². The molecule has 4 aromatic carbocycles. The summed E-state index contributed by atoms with van der Waals surface area (Å²) >= 11 is 0. The molecule has 48 heavy (non-hydrogen) atoms. The topological polar surface area (TPSA) is 77.4 Å². The zero-order chi connectivity index (χ0) is 33.2. The van der Waals surface area contributed by atoms with Crippen molar-refractivity contribution < 1.29 is 23.4 Å². The lowest BCUT2D eigenvalue weighted by atomic mass is 9.89. The molecule has 0 aliphatic carbocycles. The predicted molar refractivity (Wildman–Crippen MR) is 184 cm³/mol. The van der Waals surface area contributed by atoms with Gasteiger partial charge in [0.25, 0.3) is 5.91 Å². The molecule has 3 aliphatic rings. The van der Waals surface area contributed by atoms with Crippen molar-refractivity contribution in [2.24, 2.45) is 10.9 Å². The lowest BCUT2D eigenvalue weighted by Gasteiger charge is -2.34. The van der Waals surface area contributed by atoms with E-state index in [-0.39, 0.29) is 11.7 Å². The van der Waals surface area contributed by atoms with Crippen molar-refractivity contribution >= 4 is 17.4 Å². The number of benzene rings is 4. The molecule has 0 saturated carbocycles. The van der Waals surface area contributed by atoms with Gasteiger partial charge in [0, 0.05) is 56.2 Å². The summed E-state index contributed by atoms with van der Waals surface area (Å²) in [4.78, 5) is 23.5. The number of aromatic hydroxyl groups is 1. The number of fused-ring (bicyclic) bond motifs is 1. The third-order valence-electron chi connectivity index (χ3n) is 9.82. The Morgan fingerprint density at radius 1 is 0.938 bits per heavy atom. The highest BCUT2D eigenvalue weighted by Gasteiger charge is 2.25. The zero-order valence-electron chi connectivity index (χ0n) is 27.1. The minimum Gasteiger partial charge on any atom is -0.505 e. The van der Waals surface area contributed by atoms with Crippen LogP contribution in [0.1, 0.15) is 51.0 Å². The van der Waals surface area contributed by atoms with E-state index in [4.69, 9.17) is 9.73 Å². The van der Waals surface area contributed by atoms with Crippen LogP contribution in [0.15, 0.2) is 77.8 Å². The molecule has 2 fully saturated rings. The molecule has 3 aliphatic heterocycles. The number of aliphatic imine (C=N–C) groups is 1. The molecule has 0 radical (unpaired) electrons. The maximum Gasteiger partial charge on any atom is 0.257 e. The van der Waals surface area contributed by atoms with Crippen LogP contribution >= 0.6 is 0 Å². The molecule has 0 aromatic heterocycles. The molecule has 0 spiro atoms. The van der Waals surface area contributed by atoms with E-state index in [1.54, 1.807) is 12.1 Å². The van der Waals surface area contributed by atoms with Gasteiger partial charge in [0.2, 0.25) is 0 Å². The Labute approximate surface area is 279 Å². The standard InChI is InChI=1S/C39H40F2N4O3/c1-44-11-13-45(14-12-44)32-6-7-33(28(20-32)17-25-9-15-48-16-10-25)39(47)43-38-35-21-29(18-26-3-2-4-31(40)19-26)34(22-30(35)24-42-38)27-5-8-37(46)36(41)23-27/h2-8,19-23,25,46H,9-18,24H2,1H3,(H,42,43,47). The number of phenolic OH excluding ortho intramolecular Hbond substituents is 1. The molecule has 9 heteroatoms. The molecule has 3 heterocycles. The molecule has 7 nitrogen and oxygen atoms in total. The lowest BCUT2D eigenvalue weighted by Crippen LogP contribution is -2.44. The van der Waals surface area contributed by atoms with Gasteiger partial charge in [-0.2, -0.15) is 0 Å². The second kappa shape index (κ2) is 13.9. The first-order valence-electron chi connectivity index (χ1n) is 16.7. The second-order valence-corrected chi connectivity index (χ2v) is 13.1. The summed E-state index contributed by atoms with van der Waals surface area (Å²) in [6.45, 7) is 5.74. The number of ether oxygens (including phenoxy) is 1. The average Bonchev–Trinajstić information content (AvgIpc) is 3.47. The average molecular weight is 651 g/mol. The van der Waals surface area contributed by atoms with Crippen molar-refractivity contribution in [3.05, 3.63) is 118 Å². The summed E-state index contributed by atoms with van der Waals surface area (Å²) in [6, 6.07) is 20.8. The van der Waals surface area contributed by atoms with E-state index in [1.165, 1.54) is 24.3 Å². The summed E-state index contributed by atoms with van der Waals surface area (Å²) < 4.78 is 34.2. The molecule has 7 rings (SSSR count). The maximum atomic E-state index is 14.5. The van der Waals surface area contributed by atoms with Crippen LogP contribution in [0.2, 0.25) is 0 Å². The largest absolute Gasteiger partial charge is 0.505 e. The highest BCUT2D eigenvalue weighted by molar-refractivity contribution is 6.15. The Morgan fingerprint density at radius 3 is 2.52 bits per heavy atom. The first-order valence-corrected chi connectivity index (χ1v) is 16.7. The van der Waals surface area contributed by atoms with Crippen LogP contribution in [-0.2, 0) is 24.1 Å². The van der Waals surface area contributed by atoms with Crippen LogP contribution < -0.4 is 10.2 Å². The monoisotopic (exact) mass is 650 g/mol. The third-order valence-corrected chi connectivity index (χ3v) is 9.82. The number of piperazine rings is 1. The number of hydrogen-bond donors (Lipinski definition) is 2. The first kappa shape index (κ1) is 32.0. The number of hydrogen-bond acceptors (Lipinski definition) is 6. The predicted octanol–water partition coefficient (Wildman–Crippen LogP) is 6.34. The Morgan fingerprint density at radius 2 is 1.75 bits per heavy atom. The van der Waals surface area contributed by atoms with E-state index in [2.05, 4.69) is 34.3 Å². The van der Waals surface area contributed by atoms with Crippen LogP contribution in [0, 0.1) is 17.6 Å². The van der Waals surface area contributed by atoms with Crippen LogP contribution in [0.25, 0.3) is 11.1 Å². The molecule has 2 saturated heterocycles. The van der Waals surface area contributed by atoms with E-state index in [1.807, 2.05) is 24.3 Å². The smallest absolute Gasteiger partial charge is 0.257 e. The van der Waals surface area contributed by atoms with Crippen molar-refractivity contribution in [3.8, 4) is 16.9 Å². The summed E-state index contributed by atoms with van der Waals surface area (Å²) in [6.07, 6.45) is 3.14. The molecule has 1 amide bonds. The number of rotatable bonds is 7. The van der Waals surface area contributed by atoms with Crippen LogP contribution in [0.5, 0.6) is 5.75 Å². The maximum absolute atomic E-state index is 14.5. The van der Waals surface area contributed by atoms with Gasteiger partial charge in [-0.1, -0.05) is 18.2 Å². The number of carbonyl (C=O) groups excluding carboxylic acids is 1. The number of nitrogens with zero attached hydrogens (tertiary/aromatic N) is 3. The van der Waals surface area contributed by atoms with E-state index >= 15 is 0 Å². The molecule has 0 bridgehead atoms. The third kappa shape index (κ3) is 6.98. The minimum atomic E-state index is -0.718. The summed E-state index contributed by atoms with van der Waals surface area (Å²) in [5, 5.41) is 12.9. The van der Waals surface area contributed by atoms with Gasteiger partial charge in [-0.25, -0.2) is 8.78 Å². The number of anilines is 1. The van der Waals surface area contributed by atoms with Crippen molar-refractivity contribution in [2.45, 2.75) is 32.2 Å². The molecule has 0 unspecified atom stereocenters. The van der Waals surface area contributed by atoms with Crippen molar-refractivity contribution in [1.82, 2.24) is 10.2 Å². The molecule has 2 N–H and O–H groups in total. The van der Waals surface area contributed by atoms with E-state index in [9.17, 15) is 18.7 Å². The highest BCUT2D eigenvalue weighted by atomic mass is 19.1. The normalized spacial score (nSPS) is 16.9. The van der Waals surface area contributed by atoms with Gasteiger partial charge in [0.05, 0.1) is 6.54 Å². The van der Waals surface area contributed by atoms with Crippen LogP contribution in [0.3, 0.4) is 0 Å². The molecular weight excluding hydrogens is 610 g/mol. The number of likely N-dealkylation sites (N-methyl/N-ethyl adjacent to an activating group) is 1. The quantitative estimate of drug-likeness (QED) is 0.244. The first-order chi connectivity index (χ1) is 23.3. The Bertz CT molecular complexity index is 1860. The summed E-state index contributed by atoms with van der Waals surface area (Å²) in [5.41, 5.74) is 7.44. The van der Waals surface area contributed by atoms with Gasteiger partial charge >= 0.3 is 0 Å². The van der Waals surface area contributed by atoms with E-state index in [0.29, 0.717) is 35.8 Å². The fourth-order valence-electron chi connectivity index (χ4n) is 7.02. The Balaban J connectivity index is 1.19. The van der Waals surface area contributed by atoms with Gasteiger partial charge in [-0.05, 0) is 127 Å². The van der Waals surface area contributed by atoms with Crippen LogP contribution in [-0.4, -0.2) is 68.2 Å². The van der Waals surface area contributed by atoms with Crippen LogP contribution in [0.4, 0.5) is 14.5 Å². The number of halogens is 2. The second-order valence-electron chi connectivity index (χ2n) is 13.1. The summed E-state index contributed by atoms with van der Waals surface area (Å²) in [5.74, 6) is -0.748.